The largest absolute Gasteiger partial charge is 0.300 e. The van der Waals surface area contributed by atoms with Gasteiger partial charge in [-0.3, -0.25) is 10.1 Å². The standard InChI is InChI=1S/C14H13N3OS3/c1-9(11-3-2-5-20-11)13(18)15-14-17-16-12(21-14)7-10-4-6-19-8-10/h2-6,8-9H,7H2,1H3,(H,15,17,18)/t9-/m0/s1. The molecule has 0 aromatic carbocycles. The molecule has 0 spiro atoms. The van der Waals surface area contributed by atoms with Crippen molar-refractivity contribution in [3.8, 4) is 0 Å². The molecule has 21 heavy (non-hydrogen) atoms. The number of thiophene rings is 2. The molecular weight excluding hydrogens is 322 g/mol. The summed E-state index contributed by atoms with van der Waals surface area (Å²) in [7, 11) is 0. The number of nitrogens with zero attached hydrogens (tertiary/aromatic N) is 2. The summed E-state index contributed by atoms with van der Waals surface area (Å²) in [6.45, 7) is 1.90. The first-order valence-corrected chi connectivity index (χ1v) is 9.04. The molecule has 1 amide bonds. The highest BCUT2D eigenvalue weighted by Crippen LogP contribution is 2.24. The van der Waals surface area contributed by atoms with E-state index >= 15 is 0 Å². The van der Waals surface area contributed by atoms with Crippen LogP contribution in [0.3, 0.4) is 0 Å². The summed E-state index contributed by atoms with van der Waals surface area (Å²) in [5.74, 6) is -0.218. The van der Waals surface area contributed by atoms with Gasteiger partial charge >= 0.3 is 0 Å². The molecule has 3 aromatic rings. The van der Waals surface area contributed by atoms with Crippen molar-refractivity contribution in [3.63, 3.8) is 0 Å². The molecule has 1 N–H and O–H groups in total. The number of rotatable bonds is 5. The Morgan fingerprint density at radius 1 is 1.33 bits per heavy atom. The predicted molar refractivity (Wildman–Crippen MR) is 88.4 cm³/mol. The van der Waals surface area contributed by atoms with Crippen LogP contribution in [0, 0.1) is 0 Å². The minimum Gasteiger partial charge on any atom is -0.300 e. The van der Waals surface area contributed by atoms with Gasteiger partial charge in [0.2, 0.25) is 11.0 Å². The van der Waals surface area contributed by atoms with E-state index in [9.17, 15) is 4.79 Å². The van der Waals surface area contributed by atoms with Gasteiger partial charge in [0.05, 0.1) is 5.92 Å². The molecule has 0 aliphatic rings. The van der Waals surface area contributed by atoms with Gasteiger partial charge < -0.3 is 0 Å². The van der Waals surface area contributed by atoms with Gasteiger partial charge in [0.15, 0.2) is 0 Å². The van der Waals surface area contributed by atoms with Gasteiger partial charge in [0, 0.05) is 11.3 Å². The molecule has 0 aliphatic heterocycles. The zero-order valence-corrected chi connectivity index (χ0v) is 13.7. The molecular formula is C14H13N3OS3. The Hall–Kier alpha value is -1.57. The Morgan fingerprint density at radius 2 is 2.24 bits per heavy atom. The Kier molecular flexibility index (Phi) is 4.42. The van der Waals surface area contributed by atoms with Gasteiger partial charge in [-0.15, -0.1) is 21.5 Å². The molecule has 0 fully saturated rings. The van der Waals surface area contributed by atoms with E-state index in [2.05, 4.69) is 27.0 Å². The topological polar surface area (TPSA) is 54.9 Å². The molecule has 3 rings (SSSR count). The fraction of sp³-hybridized carbons (Fsp3) is 0.214. The second kappa shape index (κ2) is 6.46. The molecule has 0 radical (unpaired) electrons. The third kappa shape index (κ3) is 3.55. The molecule has 0 saturated heterocycles. The van der Waals surface area contributed by atoms with Crippen molar-refractivity contribution in [2.75, 3.05) is 5.32 Å². The highest BCUT2D eigenvalue weighted by atomic mass is 32.1. The van der Waals surface area contributed by atoms with Crippen LogP contribution in [0.2, 0.25) is 0 Å². The summed E-state index contributed by atoms with van der Waals surface area (Å²) >= 11 is 4.68. The average Bonchev–Trinajstić information content (AvgIpc) is 3.20. The maximum atomic E-state index is 12.2. The first-order chi connectivity index (χ1) is 10.2. The highest BCUT2D eigenvalue weighted by molar-refractivity contribution is 7.15. The van der Waals surface area contributed by atoms with Gasteiger partial charge in [-0.05, 0) is 40.8 Å². The van der Waals surface area contributed by atoms with Crippen LogP contribution in [-0.2, 0) is 11.2 Å². The van der Waals surface area contributed by atoms with Gasteiger partial charge in [-0.2, -0.15) is 11.3 Å². The van der Waals surface area contributed by atoms with E-state index in [-0.39, 0.29) is 11.8 Å². The average molecular weight is 335 g/mol. The second-order valence-electron chi connectivity index (χ2n) is 4.54. The molecule has 4 nitrogen and oxygen atoms in total. The van der Waals surface area contributed by atoms with Crippen molar-refractivity contribution in [2.24, 2.45) is 0 Å². The van der Waals surface area contributed by atoms with Crippen LogP contribution in [-0.4, -0.2) is 16.1 Å². The Morgan fingerprint density at radius 3 is 2.95 bits per heavy atom. The maximum Gasteiger partial charge on any atom is 0.234 e. The number of nitrogens with one attached hydrogen (secondary N) is 1. The quantitative estimate of drug-likeness (QED) is 0.767. The first-order valence-electron chi connectivity index (χ1n) is 6.40. The van der Waals surface area contributed by atoms with E-state index < -0.39 is 0 Å². The normalized spacial score (nSPS) is 12.2. The Bertz CT molecular complexity index is 704. The molecule has 0 saturated carbocycles. The summed E-state index contributed by atoms with van der Waals surface area (Å²) in [6.07, 6.45) is 0.761. The number of hydrogen-bond acceptors (Lipinski definition) is 6. The van der Waals surface area contributed by atoms with Gasteiger partial charge in [0.25, 0.3) is 0 Å². The summed E-state index contributed by atoms with van der Waals surface area (Å²) in [4.78, 5) is 13.2. The SMILES string of the molecule is C[C@H](C(=O)Nc1nnc(Cc2ccsc2)s1)c1cccs1. The van der Waals surface area contributed by atoms with Crippen LogP contribution in [0.25, 0.3) is 0 Å². The van der Waals surface area contributed by atoms with Crippen LogP contribution < -0.4 is 5.32 Å². The van der Waals surface area contributed by atoms with Gasteiger partial charge in [-0.1, -0.05) is 17.4 Å². The zero-order valence-electron chi connectivity index (χ0n) is 11.3. The van der Waals surface area contributed by atoms with Crippen LogP contribution in [0.5, 0.6) is 0 Å². The summed E-state index contributed by atoms with van der Waals surface area (Å²) in [6, 6.07) is 5.99. The van der Waals surface area contributed by atoms with Crippen molar-refractivity contribution < 1.29 is 4.79 Å². The summed E-state index contributed by atoms with van der Waals surface area (Å²) < 4.78 is 0. The molecule has 3 heterocycles. The van der Waals surface area contributed by atoms with E-state index in [1.165, 1.54) is 16.9 Å². The van der Waals surface area contributed by atoms with Crippen molar-refractivity contribution in [3.05, 3.63) is 49.8 Å². The second-order valence-corrected chi connectivity index (χ2v) is 7.36. The lowest BCUT2D eigenvalue weighted by Gasteiger charge is -2.07. The number of aromatic nitrogens is 2. The smallest absolute Gasteiger partial charge is 0.234 e. The molecule has 0 aliphatic carbocycles. The van der Waals surface area contributed by atoms with Crippen LogP contribution in [0.1, 0.15) is 28.3 Å². The third-order valence-electron chi connectivity index (χ3n) is 3.00. The number of amides is 1. The lowest BCUT2D eigenvalue weighted by atomic mass is 10.1. The summed E-state index contributed by atoms with van der Waals surface area (Å²) in [5, 5.41) is 18.6. The van der Waals surface area contributed by atoms with Crippen LogP contribution >= 0.6 is 34.0 Å². The van der Waals surface area contributed by atoms with E-state index in [4.69, 9.17) is 0 Å². The minimum atomic E-state index is -0.172. The van der Waals surface area contributed by atoms with Crippen molar-refractivity contribution >= 4 is 45.0 Å². The lowest BCUT2D eigenvalue weighted by Crippen LogP contribution is -2.17. The molecule has 7 heteroatoms. The third-order valence-corrected chi connectivity index (χ3v) is 5.62. The van der Waals surface area contributed by atoms with Crippen molar-refractivity contribution in [2.45, 2.75) is 19.3 Å². The molecule has 1 atom stereocenters. The predicted octanol–water partition coefficient (Wildman–Crippen LogP) is 3.99. The number of carbonyl (C=O) groups excluding carboxylic acids is 1. The number of hydrogen-bond donors (Lipinski definition) is 1. The van der Waals surface area contributed by atoms with Crippen molar-refractivity contribution in [1.29, 1.82) is 0 Å². The van der Waals surface area contributed by atoms with E-state index in [1.807, 2.05) is 29.8 Å². The summed E-state index contributed by atoms with van der Waals surface area (Å²) in [5.41, 5.74) is 1.22. The van der Waals surface area contributed by atoms with Gasteiger partial charge in [0.1, 0.15) is 5.01 Å². The molecule has 0 bridgehead atoms. The van der Waals surface area contributed by atoms with Crippen LogP contribution in [0.4, 0.5) is 5.13 Å². The first kappa shape index (κ1) is 14.4. The van der Waals surface area contributed by atoms with Crippen molar-refractivity contribution in [1.82, 2.24) is 10.2 Å². The minimum absolute atomic E-state index is 0.0457. The Balaban J connectivity index is 1.63. The maximum absolute atomic E-state index is 12.2. The fourth-order valence-electron chi connectivity index (χ4n) is 1.82. The van der Waals surface area contributed by atoms with Gasteiger partial charge in [-0.25, -0.2) is 0 Å². The Labute approximate surface area is 134 Å². The van der Waals surface area contributed by atoms with E-state index in [1.54, 1.807) is 22.7 Å². The molecule has 108 valence electrons. The molecule has 3 aromatic heterocycles. The number of anilines is 1. The fourth-order valence-corrected chi connectivity index (χ4v) is 4.05. The van der Waals surface area contributed by atoms with Crippen LogP contribution in [0.15, 0.2) is 34.3 Å². The van der Waals surface area contributed by atoms with E-state index in [0.29, 0.717) is 5.13 Å². The monoisotopic (exact) mass is 335 g/mol. The highest BCUT2D eigenvalue weighted by Gasteiger charge is 2.18. The lowest BCUT2D eigenvalue weighted by molar-refractivity contribution is -0.117. The van der Waals surface area contributed by atoms with E-state index in [0.717, 1.165) is 16.3 Å². The number of carbonyl (C=O) groups is 1. The molecule has 0 unspecified atom stereocenters. The zero-order chi connectivity index (χ0) is 14.7.